The Labute approximate surface area is 193 Å². The van der Waals surface area contributed by atoms with Gasteiger partial charge < -0.3 is 41.3 Å². The highest BCUT2D eigenvalue weighted by Gasteiger charge is 2.15. The van der Waals surface area contributed by atoms with Gasteiger partial charge in [-0.2, -0.15) is 5.26 Å². The van der Waals surface area contributed by atoms with Gasteiger partial charge in [0.25, 0.3) is 0 Å². The van der Waals surface area contributed by atoms with E-state index in [1.54, 1.807) is 37.5 Å². The second-order valence-corrected chi connectivity index (χ2v) is 6.75. The molecule has 0 bridgehead atoms. The molecule has 0 aliphatic carbocycles. The molecule has 33 heavy (non-hydrogen) atoms. The van der Waals surface area contributed by atoms with Crippen molar-refractivity contribution in [3.8, 4) is 29.1 Å². The van der Waals surface area contributed by atoms with Crippen LogP contribution in [0.3, 0.4) is 0 Å². The smallest absolute Gasteiger partial charge is 0.237 e. The molecule has 2 aromatic rings. The predicted molar refractivity (Wildman–Crippen MR) is 126 cm³/mol. The number of aliphatic hydroxyl groups is 1. The van der Waals surface area contributed by atoms with Crippen LogP contribution in [0.4, 0.5) is 5.69 Å². The quantitative estimate of drug-likeness (QED) is 0.260. The standard InChI is InChI=1S/C19H20N2O4.C4H10N2O2/c1-22-16-6-5-12(8-15(16)21)7-14(11-20)13-9-17(23-2)19(25-4)18(10-13)24-3;1-2(7)3(5)4(6)8/h5-10H,21H2,1-4H3;2-3,7H,5H2,1H3,(H2,6,8)/b14-7-;/t;2-,3+/m.0/s1. The lowest BCUT2D eigenvalue weighted by atomic mass is 10.0. The van der Waals surface area contributed by atoms with Gasteiger partial charge in [-0.25, -0.2) is 0 Å². The van der Waals surface area contributed by atoms with E-state index in [0.29, 0.717) is 39.8 Å². The molecule has 0 saturated carbocycles. The van der Waals surface area contributed by atoms with Crippen molar-refractivity contribution < 1.29 is 28.8 Å². The molecular weight excluding hydrogens is 428 g/mol. The van der Waals surface area contributed by atoms with Crippen molar-refractivity contribution in [2.24, 2.45) is 11.5 Å². The zero-order chi connectivity index (χ0) is 25.1. The van der Waals surface area contributed by atoms with E-state index in [2.05, 4.69) is 6.07 Å². The summed E-state index contributed by atoms with van der Waals surface area (Å²) in [5.74, 6) is 1.34. The highest BCUT2D eigenvalue weighted by molar-refractivity contribution is 5.91. The van der Waals surface area contributed by atoms with E-state index in [1.807, 2.05) is 6.07 Å². The number of aliphatic hydroxyl groups excluding tert-OH is 1. The maximum atomic E-state index is 10.1. The minimum absolute atomic E-state index is 0.434. The second kappa shape index (κ2) is 12.8. The SMILES string of the molecule is COc1ccc(/C=C(/C#N)c2cc(OC)c(OC)c(OC)c2)cc1N.C[C@H](O)[C@@H](N)C(N)=O. The van der Waals surface area contributed by atoms with E-state index < -0.39 is 18.1 Å². The molecule has 0 saturated heterocycles. The van der Waals surface area contributed by atoms with Crippen molar-refractivity contribution in [3.63, 3.8) is 0 Å². The van der Waals surface area contributed by atoms with Gasteiger partial charge in [-0.05, 0) is 48.4 Å². The van der Waals surface area contributed by atoms with Gasteiger partial charge in [0.1, 0.15) is 11.8 Å². The van der Waals surface area contributed by atoms with E-state index in [4.69, 9.17) is 41.3 Å². The summed E-state index contributed by atoms with van der Waals surface area (Å²) in [5, 5.41) is 18.1. The molecule has 7 N–H and O–H groups in total. The Morgan fingerprint density at radius 1 is 1.03 bits per heavy atom. The average molecular weight is 459 g/mol. The lowest BCUT2D eigenvalue weighted by Crippen LogP contribution is -2.44. The normalized spacial score (nSPS) is 12.4. The molecule has 2 rings (SSSR count). The molecule has 0 aliphatic rings. The van der Waals surface area contributed by atoms with Crippen LogP contribution in [0.5, 0.6) is 23.0 Å². The van der Waals surface area contributed by atoms with Crippen LogP contribution in [0.25, 0.3) is 11.6 Å². The molecule has 10 heteroatoms. The summed E-state index contributed by atoms with van der Waals surface area (Å²) in [6.45, 7) is 1.41. The first kappa shape index (κ1) is 27.1. The monoisotopic (exact) mass is 458 g/mol. The number of primary amides is 1. The van der Waals surface area contributed by atoms with Crippen LogP contribution < -0.4 is 36.1 Å². The van der Waals surface area contributed by atoms with Gasteiger partial charge in [0.15, 0.2) is 11.5 Å². The Balaban J connectivity index is 0.000000582. The van der Waals surface area contributed by atoms with Gasteiger partial charge in [-0.1, -0.05) is 6.07 Å². The van der Waals surface area contributed by atoms with Crippen molar-refractivity contribution in [3.05, 3.63) is 41.5 Å². The molecule has 0 aliphatic heterocycles. The maximum Gasteiger partial charge on any atom is 0.237 e. The Morgan fingerprint density at radius 2 is 1.58 bits per heavy atom. The van der Waals surface area contributed by atoms with Gasteiger partial charge in [0, 0.05) is 0 Å². The number of nitriles is 1. The first-order valence-corrected chi connectivity index (χ1v) is 9.72. The number of nitrogens with zero attached hydrogens (tertiary/aromatic N) is 1. The van der Waals surface area contributed by atoms with Crippen LogP contribution >= 0.6 is 0 Å². The van der Waals surface area contributed by atoms with E-state index in [9.17, 15) is 10.1 Å². The Hall–Kier alpha value is -3.94. The molecule has 0 unspecified atom stereocenters. The second-order valence-electron chi connectivity index (χ2n) is 6.75. The number of allylic oxidation sites excluding steroid dienone is 1. The average Bonchev–Trinajstić information content (AvgIpc) is 2.81. The summed E-state index contributed by atoms with van der Waals surface area (Å²) in [5.41, 5.74) is 18.0. The summed E-state index contributed by atoms with van der Waals surface area (Å²) in [4.78, 5) is 10.1. The lowest BCUT2D eigenvalue weighted by Gasteiger charge is -2.14. The Morgan fingerprint density at radius 3 is 1.91 bits per heavy atom. The molecule has 1 amide bonds. The number of hydrogen-bond donors (Lipinski definition) is 4. The third kappa shape index (κ3) is 7.31. The largest absolute Gasteiger partial charge is 0.495 e. The van der Waals surface area contributed by atoms with Gasteiger partial charge in [0.2, 0.25) is 11.7 Å². The van der Waals surface area contributed by atoms with Crippen LogP contribution in [0.15, 0.2) is 30.3 Å². The summed E-state index contributed by atoms with van der Waals surface area (Å²) in [6.07, 6.45) is 0.878. The molecule has 2 aromatic carbocycles. The van der Waals surface area contributed by atoms with Gasteiger partial charge >= 0.3 is 0 Å². The fourth-order valence-corrected chi connectivity index (χ4v) is 2.66. The number of ether oxygens (including phenoxy) is 4. The summed E-state index contributed by atoms with van der Waals surface area (Å²) in [6, 6.07) is 10.0. The molecule has 10 nitrogen and oxygen atoms in total. The van der Waals surface area contributed by atoms with E-state index in [0.717, 1.165) is 5.56 Å². The maximum absolute atomic E-state index is 10.1. The number of nitrogen functional groups attached to an aromatic ring is 1. The first-order chi connectivity index (χ1) is 15.6. The fraction of sp³-hybridized carbons (Fsp3) is 0.304. The predicted octanol–water partition coefficient (Wildman–Crippen LogP) is 1.55. The molecule has 0 radical (unpaired) electrons. The molecule has 0 heterocycles. The fourth-order valence-electron chi connectivity index (χ4n) is 2.66. The van der Waals surface area contributed by atoms with Crippen molar-refractivity contribution >= 4 is 23.2 Å². The third-order valence-electron chi connectivity index (χ3n) is 4.51. The van der Waals surface area contributed by atoms with Gasteiger partial charge in [-0.3, -0.25) is 4.79 Å². The number of nitrogens with two attached hydrogens (primary N) is 3. The topological polar surface area (TPSA) is 176 Å². The minimum Gasteiger partial charge on any atom is -0.495 e. The summed E-state index contributed by atoms with van der Waals surface area (Å²) >= 11 is 0. The van der Waals surface area contributed by atoms with Crippen LogP contribution in [0.1, 0.15) is 18.1 Å². The van der Waals surface area contributed by atoms with Crippen molar-refractivity contribution in [1.29, 1.82) is 5.26 Å². The highest BCUT2D eigenvalue weighted by Crippen LogP contribution is 2.40. The van der Waals surface area contributed by atoms with E-state index >= 15 is 0 Å². The molecule has 178 valence electrons. The van der Waals surface area contributed by atoms with Crippen LogP contribution in [-0.4, -0.2) is 51.6 Å². The van der Waals surface area contributed by atoms with E-state index in [-0.39, 0.29) is 0 Å². The third-order valence-corrected chi connectivity index (χ3v) is 4.51. The molecule has 0 spiro atoms. The summed E-state index contributed by atoms with van der Waals surface area (Å²) < 4.78 is 21.1. The number of rotatable bonds is 8. The first-order valence-electron chi connectivity index (χ1n) is 9.72. The number of anilines is 1. The van der Waals surface area contributed by atoms with Gasteiger partial charge in [0.05, 0.1) is 51.9 Å². The molecule has 0 aromatic heterocycles. The van der Waals surface area contributed by atoms with Crippen molar-refractivity contribution in [1.82, 2.24) is 0 Å². The number of amides is 1. The Kier molecular flexibility index (Phi) is 10.5. The number of benzene rings is 2. The number of carbonyl (C=O) groups is 1. The number of methoxy groups -OCH3 is 4. The zero-order valence-corrected chi connectivity index (χ0v) is 19.3. The van der Waals surface area contributed by atoms with Gasteiger partial charge in [-0.15, -0.1) is 0 Å². The van der Waals surface area contributed by atoms with Crippen molar-refractivity contribution in [2.45, 2.75) is 19.1 Å². The summed E-state index contributed by atoms with van der Waals surface area (Å²) in [7, 11) is 6.14. The van der Waals surface area contributed by atoms with E-state index in [1.165, 1.54) is 28.3 Å². The Bertz CT molecular complexity index is 1010. The zero-order valence-electron chi connectivity index (χ0n) is 19.3. The van der Waals surface area contributed by atoms with Crippen LogP contribution in [-0.2, 0) is 4.79 Å². The minimum atomic E-state index is -0.935. The molecule has 2 atom stereocenters. The van der Waals surface area contributed by atoms with Crippen LogP contribution in [0.2, 0.25) is 0 Å². The number of hydrogen-bond acceptors (Lipinski definition) is 9. The molecule has 0 fully saturated rings. The number of carbonyl (C=O) groups excluding carboxylic acids is 1. The molecular formula is C23H30N4O6. The highest BCUT2D eigenvalue weighted by atomic mass is 16.5. The van der Waals surface area contributed by atoms with Crippen molar-refractivity contribution in [2.75, 3.05) is 34.2 Å². The lowest BCUT2D eigenvalue weighted by molar-refractivity contribution is -0.121. The van der Waals surface area contributed by atoms with Crippen LogP contribution in [0, 0.1) is 11.3 Å².